The predicted octanol–water partition coefficient (Wildman–Crippen LogP) is -3.39. The van der Waals surface area contributed by atoms with E-state index in [0.717, 1.165) is 0 Å². The topological polar surface area (TPSA) is 162 Å². The number of carboxylic acid groups (broad SMARTS) is 1. The summed E-state index contributed by atoms with van der Waals surface area (Å²) in [5.74, 6) is -2.86. The Hall–Kier alpha value is -2.20. The molecule has 0 aromatic rings. The molecular formula is C12H20N4O6. The van der Waals surface area contributed by atoms with Crippen LogP contribution in [0.1, 0.15) is 12.8 Å². The Balaban J connectivity index is 2.33. The molecule has 1 aliphatic heterocycles. The van der Waals surface area contributed by atoms with Crippen molar-refractivity contribution in [3.63, 3.8) is 0 Å². The molecule has 0 aliphatic carbocycles. The molecule has 1 saturated heterocycles. The Morgan fingerprint density at radius 1 is 1.23 bits per heavy atom. The molecule has 2 unspecified atom stereocenters. The lowest BCUT2D eigenvalue weighted by molar-refractivity contribution is -0.148. The van der Waals surface area contributed by atoms with Crippen molar-refractivity contribution >= 4 is 23.7 Å². The second-order valence-corrected chi connectivity index (χ2v) is 4.87. The number of likely N-dealkylation sites (tertiary alicyclic amines) is 1. The smallest absolute Gasteiger partial charge is 0.326 e. The number of carbonyl (C=O) groups is 4. The molecule has 2 atom stereocenters. The van der Waals surface area contributed by atoms with Gasteiger partial charge in [0, 0.05) is 6.54 Å². The summed E-state index contributed by atoms with van der Waals surface area (Å²) >= 11 is 0. The van der Waals surface area contributed by atoms with Crippen molar-refractivity contribution in [2.24, 2.45) is 5.73 Å². The van der Waals surface area contributed by atoms with E-state index in [1.807, 2.05) is 0 Å². The summed E-state index contributed by atoms with van der Waals surface area (Å²) in [6.07, 6.45) is 0.996. The molecule has 0 saturated carbocycles. The van der Waals surface area contributed by atoms with E-state index in [4.69, 9.17) is 15.9 Å². The second-order valence-electron chi connectivity index (χ2n) is 4.87. The Morgan fingerprint density at radius 2 is 1.91 bits per heavy atom. The van der Waals surface area contributed by atoms with E-state index in [0.29, 0.717) is 19.4 Å². The summed E-state index contributed by atoms with van der Waals surface area (Å²) < 4.78 is 0. The minimum atomic E-state index is -1.12. The number of aliphatic hydroxyl groups excluding tert-OH is 1. The molecule has 1 fully saturated rings. The number of aliphatic hydroxyl groups is 1. The Bertz CT molecular complexity index is 455. The summed E-state index contributed by atoms with van der Waals surface area (Å²) in [5.41, 5.74) is 5.24. The van der Waals surface area contributed by atoms with E-state index in [9.17, 15) is 19.2 Å². The van der Waals surface area contributed by atoms with E-state index in [-0.39, 0.29) is 13.1 Å². The van der Waals surface area contributed by atoms with Crippen LogP contribution in [0.4, 0.5) is 0 Å². The van der Waals surface area contributed by atoms with Gasteiger partial charge in [-0.2, -0.15) is 0 Å². The van der Waals surface area contributed by atoms with Gasteiger partial charge in [0.1, 0.15) is 12.1 Å². The van der Waals surface area contributed by atoms with Gasteiger partial charge in [0.05, 0.1) is 19.7 Å². The molecule has 1 heterocycles. The zero-order chi connectivity index (χ0) is 16.7. The SMILES string of the molecule is NC(CO)C(=O)NCC(=O)NCC(=O)N1CCCC1C(=O)O. The third-order valence-electron chi connectivity index (χ3n) is 3.25. The van der Waals surface area contributed by atoms with E-state index in [1.165, 1.54) is 4.90 Å². The molecule has 0 aromatic heterocycles. The van der Waals surface area contributed by atoms with Crippen LogP contribution < -0.4 is 16.4 Å². The van der Waals surface area contributed by atoms with Crippen molar-refractivity contribution < 1.29 is 29.4 Å². The van der Waals surface area contributed by atoms with Crippen molar-refractivity contribution in [1.29, 1.82) is 0 Å². The van der Waals surface area contributed by atoms with Gasteiger partial charge in [-0.1, -0.05) is 0 Å². The van der Waals surface area contributed by atoms with E-state index >= 15 is 0 Å². The van der Waals surface area contributed by atoms with Gasteiger partial charge in [0.15, 0.2) is 0 Å². The van der Waals surface area contributed by atoms with Gasteiger partial charge in [0.2, 0.25) is 17.7 Å². The van der Waals surface area contributed by atoms with Crippen LogP contribution in [-0.4, -0.2) is 77.1 Å². The van der Waals surface area contributed by atoms with Crippen LogP contribution in [0.25, 0.3) is 0 Å². The van der Waals surface area contributed by atoms with Crippen molar-refractivity contribution in [3.8, 4) is 0 Å². The number of carbonyl (C=O) groups excluding carboxylic acids is 3. The quantitative estimate of drug-likeness (QED) is 0.327. The average molecular weight is 316 g/mol. The highest BCUT2D eigenvalue weighted by Gasteiger charge is 2.33. The largest absolute Gasteiger partial charge is 0.480 e. The van der Waals surface area contributed by atoms with Gasteiger partial charge in [0.25, 0.3) is 0 Å². The maximum Gasteiger partial charge on any atom is 0.326 e. The number of carboxylic acids is 1. The summed E-state index contributed by atoms with van der Waals surface area (Å²) in [6.45, 7) is -0.933. The van der Waals surface area contributed by atoms with Crippen LogP contribution >= 0.6 is 0 Å². The second kappa shape index (κ2) is 8.29. The molecule has 0 aromatic carbocycles. The molecule has 1 aliphatic rings. The van der Waals surface area contributed by atoms with Crippen LogP contribution in [0.5, 0.6) is 0 Å². The van der Waals surface area contributed by atoms with Crippen molar-refractivity contribution in [2.75, 3.05) is 26.2 Å². The zero-order valence-electron chi connectivity index (χ0n) is 11.9. The van der Waals surface area contributed by atoms with Crippen LogP contribution in [-0.2, 0) is 19.2 Å². The first kappa shape index (κ1) is 17.9. The highest BCUT2D eigenvalue weighted by molar-refractivity contribution is 5.91. The van der Waals surface area contributed by atoms with Gasteiger partial charge >= 0.3 is 5.97 Å². The fraction of sp³-hybridized carbons (Fsp3) is 0.667. The molecule has 0 bridgehead atoms. The van der Waals surface area contributed by atoms with Crippen molar-refractivity contribution in [3.05, 3.63) is 0 Å². The fourth-order valence-electron chi connectivity index (χ4n) is 2.04. The number of nitrogens with one attached hydrogen (secondary N) is 2. The number of rotatable bonds is 7. The molecule has 0 spiro atoms. The monoisotopic (exact) mass is 316 g/mol. The number of amides is 3. The first-order chi connectivity index (χ1) is 10.4. The zero-order valence-corrected chi connectivity index (χ0v) is 11.9. The van der Waals surface area contributed by atoms with Gasteiger partial charge in [-0.15, -0.1) is 0 Å². The summed E-state index contributed by atoms with van der Waals surface area (Å²) in [7, 11) is 0. The fourth-order valence-corrected chi connectivity index (χ4v) is 2.04. The van der Waals surface area contributed by atoms with Crippen LogP contribution in [0.2, 0.25) is 0 Å². The third kappa shape index (κ3) is 4.97. The third-order valence-corrected chi connectivity index (χ3v) is 3.25. The van der Waals surface area contributed by atoms with Crippen molar-refractivity contribution in [2.45, 2.75) is 24.9 Å². The molecule has 124 valence electrons. The van der Waals surface area contributed by atoms with E-state index in [1.54, 1.807) is 0 Å². The van der Waals surface area contributed by atoms with Crippen LogP contribution in [0, 0.1) is 0 Å². The summed E-state index contributed by atoms with van der Waals surface area (Å²) in [5, 5.41) is 22.1. The number of nitrogens with zero attached hydrogens (tertiary/aromatic N) is 1. The number of nitrogens with two attached hydrogens (primary N) is 1. The number of hydrogen-bond acceptors (Lipinski definition) is 6. The van der Waals surface area contributed by atoms with Crippen LogP contribution in [0.15, 0.2) is 0 Å². The standard InChI is InChI=1S/C12H20N4O6/c13-7(6-17)11(20)15-4-9(18)14-5-10(19)16-3-1-2-8(16)12(21)22/h7-8,17H,1-6,13H2,(H,14,18)(H,15,20)(H,21,22). The average Bonchev–Trinajstić information content (AvgIpc) is 2.99. The molecule has 10 nitrogen and oxygen atoms in total. The van der Waals surface area contributed by atoms with Gasteiger partial charge < -0.3 is 31.5 Å². The lowest BCUT2D eigenvalue weighted by Gasteiger charge is -2.21. The van der Waals surface area contributed by atoms with Crippen molar-refractivity contribution in [1.82, 2.24) is 15.5 Å². The number of aliphatic carboxylic acids is 1. The van der Waals surface area contributed by atoms with E-state index in [2.05, 4.69) is 10.6 Å². The molecule has 1 rings (SSSR count). The molecular weight excluding hydrogens is 296 g/mol. The maximum absolute atomic E-state index is 11.9. The normalized spacial score (nSPS) is 18.6. The molecule has 22 heavy (non-hydrogen) atoms. The van der Waals surface area contributed by atoms with Gasteiger partial charge in [-0.05, 0) is 12.8 Å². The summed E-state index contributed by atoms with van der Waals surface area (Å²) in [4.78, 5) is 46.7. The molecule has 10 heteroatoms. The minimum absolute atomic E-state index is 0.341. The highest BCUT2D eigenvalue weighted by atomic mass is 16.4. The molecule has 3 amide bonds. The lowest BCUT2D eigenvalue weighted by atomic mass is 10.2. The first-order valence-corrected chi connectivity index (χ1v) is 6.80. The minimum Gasteiger partial charge on any atom is -0.480 e. The first-order valence-electron chi connectivity index (χ1n) is 6.80. The lowest BCUT2D eigenvalue weighted by Crippen LogP contribution is -2.49. The highest BCUT2D eigenvalue weighted by Crippen LogP contribution is 2.17. The molecule has 0 radical (unpaired) electrons. The van der Waals surface area contributed by atoms with Gasteiger partial charge in [-0.25, -0.2) is 4.79 Å². The predicted molar refractivity (Wildman–Crippen MR) is 73.5 cm³/mol. The Kier molecular flexibility index (Phi) is 6.73. The Labute approximate surface area is 126 Å². The van der Waals surface area contributed by atoms with Crippen LogP contribution in [0.3, 0.4) is 0 Å². The van der Waals surface area contributed by atoms with Gasteiger partial charge in [-0.3, -0.25) is 14.4 Å². The maximum atomic E-state index is 11.9. The van der Waals surface area contributed by atoms with E-state index < -0.39 is 42.4 Å². The molecule has 6 N–H and O–H groups in total. The number of hydrogen-bond donors (Lipinski definition) is 5. The Morgan fingerprint density at radius 3 is 2.50 bits per heavy atom. The summed E-state index contributed by atoms with van der Waals surface area (Å²) in [6, 6.07) is -1.97.